The van der Waals surface area contributed by atoms with Crippen LogP contribution in [0.25, 0.3) is 0 Å². The number of allylic oxidation sites excluding steroid dienone is 2. The Bertz CT molecular complexity index is 308. The van der Waals surface area contributed by atoms with E-state index < -0.39 is 24.4 Å². The van der Waals surface area contributed by atoms with E-state index in [0.29, 0.717) is 6.61 Å². The molecule has 0 unspecified atom stereocenters. The van der Waals surface area contributed by atoms with Gasteiger partial charge in [0.25, 0.3) is 0 Å². The molecule has 23 heavy (non-hydrogen) atoms. The first-order valence-corrected chi connectivity index (χ1v) is 9.05. The standard InChI is InChI=1S/C18H34O5/c1-2-3-4-5-6-7-8-9-10-11-12-22-13-16(20)18-17(21)15(19)14-23-18/h5-6,15-21H,2-4,7-14H2,1H3/b6-5+/t15-,16+,17-,18-/m0/s1. The van der Waals surface area contributed by atoms with Crippen LogP contribution in [0.4, 0.5) is 0 Å². The molecule has 0 aliphatic carbocycles. The Morgan fingerprint density at radius 2 is 1.78 bits per heavy atom. The lowest BCUT2D eigenvalue weighted by molar-refractivity contribution is -0.0813. The predicted molar refractivity (Wildman–Crippen MR) is 90.3 cm³/mol. The van der Waals surface area contributed by atoms with E-state index in [-0.39, 0.29) is 13.2 Å². The summed E-state index contributed by atoms with van der Waals surface area (Å²) in [6, 6.07) is 0. The lowest BCUT2D eigenvalue weighted by Gasteiger charge is -2.20. The second-order valence-corrected chi connectivity index (χ2v) is 6.31. The molecule has 5 nitrogen and oxygen atoms in total. The largest absolute Gasteiger partial charge is 0.388 e. The third kappa shape index (κ3) is 8.82. The van der Waals surface area contributed by atoms with Crippen LogP contribution in [0.2, 0.25) is 0 Å². The molecule has 3 N–H and O–H groups in total. The average molecular weight is 330 g/mol. The molecule has 136 valence electrons. The second kappa shape index (κ2) is 12.9. The van der Waals surface area contributed by atoms with Gasteiger partial charge in [0.2, 0.25) is 0 Å². The van der Waals surface area contributed by atoms with Crippen LogP contribution in [0.1, 0.15) is 58.3 Å². The van der Waals surface area contributed by atoms with Crippen LogP contribution in [0.3, 0.4) is 0 Å². The molecule has 1 rings (SSSR count). The molecule has 0 aromatic heterocycles. The highest BCUT2D eigenvalue weighted by molar-refractivity contribution is 4.87. The average Bonchev–Trinajstić information content (AvgIpc) is 2.88. The lowest BCUT2D eigenvalue weighted by atomic mass is 10.1. The molecule has 0 bridgehead atoms. The van der Waals surface area contributed by atoms with Gasteiger partial charge in [0.15, 0.2) is 0 Å². The van der Waals surface area contributed by atoms with Crippen molar-refractivity contribution >= 4 is 0 Å². The first-order valence-electron chi connectivity index (χ1n) is 9.05. The van der Waals surface area contributed by atoms with Gasteiger partial charge in [0.05, 0.1) is 13.2 Å². The summed E-state index contributed by atoms with van der Waals surface area (Å²) in [5, 5.41) is 28.9. The maximum Gasteiger partial charge on any atom is 0.114 e. The number of hydrogen-bond acceptors (Lipinski definition) is 5. The highest BCUT2D eigenvalue weighted by atomic mass is 16.5. The molecule has 0 saturated carbocycles. The molecular formula is C18H34O5. The Labute approximate surface area is 140 Å². The zero-order valence-corrected chi connectivity index (χ0v) is 14.4. The zero-order chi connectivity index (χ0) is 16.9. The highest BCUT2D eigenvalue weighted by Crippen LogP contribution is 2.17. The number of aliphatic hydroxyl groups is 3. The minimum Gasteiger partial charge on any atom is -0.388 e. The van der Waals surface area contributed by atoms with Crippen molar-refractivity contribution in [3.05, 3.63) is 12.2 Å². The van der Waals surface area contributed by atoms with E-state index in [0.717, 1.165) is 19.3 Å². The summed E-state index contributed by atoms with van der Waals surface area (Å²) in [5.41, 5.74) is 0. The molecule has 0 aromatic carbocycles. The lowest BCUT2D eigenvalue weighted by Crippen LogP contribution is -2.40. The maximum atomic E-state index is 9.87. The monoisotopic (exact) mass is 330 g/mol. The van der Waals surface area contributed by atoms with E-state index in [2.05, 4.69) is 19.1 Å². The number of aliphatic hydroxyl groups excluding tert-OH is 3. The molecule has 1 heterocycles. The van der Waals surface area contributed by atoms with Crippen molar-refractivity contribution in [2.24, 2.45) is 0 Å². The summed E-state index contributed by atoms with van der Waals surface area (Å²) in [6.07, 6.45) is 10.4. The molecule has 1 aliphatic heterocycles. The maximum absolute atomic E-state index is 9.87. The third-order valence-corrected chi connectivity index (χ3v) is 4.16. The summed E-state index contributed by atoms with van der Waals surface area (Å²) in [6.45, 7) is 3.01. The van der Waals surface area contributed by atoms with Crippen molar-refractivity contribution < 1.29 is 24.8 Å². The van der Waals surface area contributed by atoms with Crippen LogP contribution in [0, 0.1) is 0 Å². The van der Waals surface area contributed by atoms with Gasteiger partial charge in [0, 0.05) is 6.61 Å². The highest BCUT2D eigenvalue weighted by Gasteiger charge is 2.39. The van der Waals surface area contributed by atoms with E-state index in [1.807, 2.05) is 0 Å². The van der Waals surface area contributed by atoms with Gasteiger partial charge in [-0.2, -0.15) is 0 Å². The number of hydrogen-bond donors (Lipinski definition) is 3. The van der Waals surface area contributed by atoms with E-state index in [1.54, 1.807) is 0 Å². The summed E-state index contributed by atoms with van der Waals surface area (Å²) < 4.78 is 10.6. The van der Waals surface area contributed by atoms with E-state index >= 15 is 0 Å². The predicted octanol–water partition coefficient (Wildman–Crippen LogP) is 2.18. The SMILES string of the molecule is CCCC/C=C/CCCCCCOC[C@@H](O)[C@@H]1OC[C@H](O)[C@@H]1O. The molecule has 1 fully saturated rings. The Morgan fingerprint density at radius 1 is 1.09 bits per heavy atom. The van der Waals surface area contributed by atoms with Crippen LogP contribution in [-0.2, 0) is 9.47 Å². The van der Waals surface area contributed by atoms with Crippen LogP contribution >= 0.6 is 0 Å². The van der Waals surface area contributed by atoms with Crippen molar-refractivity contribution in [3.63, 3.8) is 0 Å². The molecule has 0 amide bonds. The summed E-state index contributed by atoms with van der Waals surface area (Å²) in [4.78, 5) is 0. The topological polar surface area (TPSA) is 79.2 Å². The molecule has 0 radical (unpaired) electrons. The molecule has 0 aromatic rings. The molecular weight excluding hydrogens is 296 g/mol. The zero-order valence-electron chi connectivity index (χ0n) is 14.4. The van der Waals surface area contributed by atoms with E-state index in [4.69, 9.17) is 9.47 Å². The van der Waals surface area contributed by atoms with Crippen LogP contribution in [0.5, 0.6) is 0 Å². The van der Waals surface area contributed by atoms with Crippen molar-refractivity contribution in [1.82, 2.24) is 0 Å². The second-order valence-electron chi connectivity index (χ2n) is 6.31. The Balaban J connectivity index is 1.89. The van der Waals surface area contributed by atoms with Crippen molar-refractivity contribution in [2.75, 3.05) is 19.8 Å². The van der Waals surface area contributed by atoms with Crippen LogP contribution < -0.4 is 0 Å². The molecule has 1 aliphatic rings. The smallest absolute Gasteiger partial charge is 0.114 e. The number of rotatable bonds is 13. The van der Waals surface area contributed by atoms with Gasteiger partial charge in [-0.15, -0.1) is 0 Å². The fourth-order valence-electron chi connectivity index (χ4n) is 2.64. The van der Waals surface area contributed by atoms with Gasteiger partial charge in [-0.25, -0.2) is 0 Å². The van der Waals surface area contributed by atoms with Gasteiger partial charge in [-0.1, -0.05) is 44.8 Å². The summed E-state index contributed by atoms with van der Waals surface area (Å²) in [5.74, 6) is 0. The van der Waals surface area contributed by atoms with Gasteiger partial charge >= 0.3 is 0 Å². The van der Waals surface area contributed by atoms with E-state index in [9.17, 15) is 15.3 Å². The first-order chi connectivity index (χ1) is 11.2. The van der Waals surface area contributed by atoms with Gasteiger partial charge in [0.1, 0.15) is 24.4 Å². The molecule has 0 spiro atoms. The van der Waals surface area contributed by atoms with Crippen LogP contribution in [0.15, 0.2) is 12.2 Å². The molecule has 4 atom stereocenters. The Hall–Kier alpha value is -0.460. The van der Waals surface area contributed by atoms with Crippen LogP contribution in [-0.4, -0.2) is 59.6 Å². The third-order valence-electron chi connectivity index (χ3n) is 4.16. The summed E-state index contributed by atoms with van der Waals surface area (Å²) >= 11 is 0. The normalized spacial score (nSPS) is 26.2. The minimum atomic E-state index is -1.03. The van der Waals surface area contributed by atoms with Gasteiger partial charge in [-0.3, -0.25) is 0 Å². The Morgan fingerprint density at radius 3 is 2.43 bits per heavy atom. The van der Waals surface area contributed by atoms with Gasteiger partial charge in [-0.05, 0) is 25.7 Å². The van der Waals surface area contributed by atoms with E-state index in [1.165, 1.54) is 32.1 Å². The number of ether oxygens (including phenoxy) is 2. The Kier molecular flexibility index (Phi) is 11.5. The van der Waals surface area contributed by atoms with Crippen molar-refractivity contribution in [1.29, 1.82) is 0 Å². The first kappa shape index (κ1) is 20.6. The quantitative estimate of drug-likeness (QED) is 0.356. The van der Waals surface area contributed by atoms with Gasteiger partial charge < -0.3 is 24.8 Å². The molecule has 1 saturated heterocycles. The number of unbranched alkanes of at least 4 members (excludes halogenated alkanes) is 6. The molecule has 5 heteroatoms. The van der Waals surface area contributed by atoms with Crippen molar-refractivity contribution in [2.45, 2.75) is 82.7 Å². The fraction of sp³-hybridized carbons (Fsp3) is 0.889. The minimum absolute atomic E-state index is 0.0653. The fourth-order valence-corrected chi connectivity index (χ4v) is 2.64. The van der Waals surface area contributed by atoms with Crippen molar-refractivity contribution in [3.8, 4) is 0 Å². The summed E-state index contributed by atoms with van der Waals surface area (Å²) in [7, 11) is 0.